The summed E-state index contributed by atoms with van der Waals surface area (Å²) in [5.74, 6) is -0.0280. The lowest BCUT2D eigenvalue weighted by atomic mass is 10.3. The minimum atomic E-state index is -0.268. The molecule has 22 heavy (non-hydrogen) atoms. The van der Waals surface area contributed by atoms with E-state index in [0.717, 1.165) is 5.52 Å². The minimum Gasteiger partial charge on any atom is -0.479 e. The normalized spacial score (nSPS) is 10.5. The fourth-order valence-electron chi connectivity index (χ4n) is 2.06. The number of hydrogen-bond acceptors (Lipinski definition) is 5. The van der Waals surface area contributed by atoms with Gasteiger partial charge in [0, 0.05) is 17.9 Å². The first-order chi connectivity index (χ1) is 10.7. The van der Waals surface area contributed by atoms with Gasteiger partial charge in [-0.1, -0.05) is 6.07 Å². The standard InChI is InChI=1S/C15H14N4O3/c1-21-14-12(8-16-15(18-14)22-2)17-13(20)10-7-11-5-3-4-6-19(11)9-10/h3-9H,1-2H3,(H,17,20). The number of nitrogens with zero attached hydrogens (tertiary/aromatic N) is 3. The van der Waals surface area contributed by atoms with Gasteiger partial charge in [-0.2, -0.15) is 4.98 Å². The van der Waals surface area contributed by atoms with E-state index in [-0.39, 0.29) is 17.8 Å². The third kappa shape index (κ3) is 2.56. The van der Waals surface area contributed by atoms with Crippen LogP contribution in [0.1, 0.15) is 10.4 Å². The van der Waals surface area contributed by atoms with Gasteiger partial charge in [-0.3, -0.25) is 4.79 Å². The molecule has 0 aliphatic carbocycles. The smallest absolute Gasteiger partial charge is 0.319 e. The Morgan fingerprint density at radius 1 is 1.27 bits per heavy atom. The fourth-order valence-corrected chi connectivity index (χ4v) is 2.06. The number of aromatic nitrogens is 3. The Labute approximate surface area is 126 Å². The Balaban J connectivity index is 1.87. The van der Waals surface area contributed by atoms with Crippen molar-refractivity contribution in [2.24, 2.45) is 0 Å². The van der Waals surface area contributed by atoms with Crippen LogP contribution in [0, 0.1) is 0 Å². The second-order valence-electron chi connectivity index (χ2n) is 4.50. The van der Waals surface area contributed by atoms with E-state index in [1.807, 2.05) is 28.8 Å². The van der Waals surface area contributed by atoms with Crippen molar-refractivity contribution >= 4 is 17.1 Å². The molecule has 0 radical (unpaired) electrons. The second kappa shape index (κ2) is 5.72. The van der Waals surface area contributed by atoms with Gasteiger partial charge in [0.15, 0.2) is 0 Å². The van der Waals surface area contributed by atoms with Crippen LogP contribution in [0.3, 0.4) is 0 Å². The quantitative estimate of drug-likeness (QED) is 0.797. The Kier molecular flexibility index (Phi) is 3.61. The van der Waals surface area contributed by atoms with Gasteiger partial charge < -0.3 is 19.2 Å². The minimum absolute atomic E-state index is 0.171. The number of carbonyl (C=O) groups is 1. The third-order valence-corrected chi connectivity index (χ3v) is 3.12. The molecule has 3 heterocycles. The zero-order valence-electron chi connectivity index (χ0n) is 12.1. The lowest BCUT2D eigenvalue weighted by Crippen LogP contribution is -2.13. The average Bonchev–Trinajstić information content (AvgIpc) is 2.99. The number of rotatable bonds is 4. The van der Waals surface area contributed by atoms with E-state index in [0.29, 0.717) is 11.3 Å². The molecule has 1 amide bonds. The van der Waals surface area contributed by atoms with Gasteiger partial charge in [-0.25, -0.2) is 4.98 Å². The Morgan fingerprint density at radius 2 is 2.14 bits per heavy atom. The fraction of sp³-hybridized carbons (Fsp3) is 0.133. The number of anilines is 1. The van der Waals surface area contributed by atoms with Crippen LogP contribution in [0.4, 0.5) is 5.69 Å². The van der Waals surface area contributed by atoms with Gasteiger partial charge in [-0.05, 0) is 18.2 Å². The molecule has 112 valence electrons. The molecular formula is C15H14N4O3. The topological polar surface area (TPSA) is 77.8 Å². The monoisotopic (exact) mass is 298 g/mol. The molecule has 0 aliphatic heterocycles. The highest BCUT2D eigenvalue weighted by Gasteiger charge is 2.14. The first kappa shape index (κ1) is 13.9. The van der Waals surface area contributed by atoms with Crippen LogP contribution in [0.25, 0.3) is 5.52 Å². The van der Waals surface area contributed by atoms with Gasteiger partial charge in [0.2, 0.25) is 5.88 Å². The number of amides is 1. The van der Waals surface area contributed by atoms with E-state index in [1.54, 1.807) is 12.3 Å². The molecular weight excluding hydrogens is 284 g/mol. The van der Waals surface area contributed by atoms with Crippen LogP contribution in [-0.2, 0) is 0 Å². The zero-order chi connectivity index (χ0) is 15.5. The SMILES string of the molecule is COc1ncc(NC(=O)c2cc3ccccn3c2)c(OC)n1. The highest BCUT2D eigenvalue weighted by molar-refractivity contribution is 6.05. The van der Waals surface area contributed by atoms with E-state index < -0.39 is 0 Å². The summed E-state index contributed by atoms with van der Waals surface area (Å²) in [7, 11) is 2.92. The zero-order valence-corrected chi connectivity index (χ0v) is 12.1. The maximum Gasteiger partial charge on any atom is 0.319 e. The highest BCUT2D eigenvalue weighted by atomic mass is 16.5. The molecule has 0 unspecified atom stereocenters. The van der Waals surface area contributed by atoms with Crippen LogP contribution in [0.2, 0.25) is 0 Å². The van der Waals surface area contributed by atoms with Gasteiger partial charge in [-0.15, -0.1) is 0 Å². The molecule has 0 fully saturated rings. The van der Waals surface area contributed by atoms with Crippen molar-refractivity contribution in [1.29, 1.82) is 0 Å². The van der Waals surface area contributed by atoms with Crippen LogP contribution < -0.4 is 14.8 Å². The Hall–Kier alpha value is -3.09. The summed E-state index contributed by atoms with van der Waals surface area (Å²) < 4.78 is 11.9. The lowest BCUT2D eigenvalue weighted by Gasteiger charge is -2.08. The second-order valence-corrected chi connectivity index (χ2v) is 4.50. The molecule has 0 bridgehead atoms. The number of carbonyl (C=O) groups excluding carboxylic acids is 1. The van der Waals surface area contributed by atoms with Gasteiger partial charge in [0.1, 0.15) is 5.69 Å². The first-order valence-corrected chi connectivity index (χ1v) is 6.54. The molecule has 7 nitrogen and oxygen atoms in total. The predicted octanol–water partition coefficient (Wildman–Crippen LogP) is 2.00. The summed E-state index contributed by atoms with van der Waals surface area (Å²) in [6, 6.07) is 7.70. The predicted molar refractivity (Wildman–Crippen MR) is 80.5 cm³/mol. The Morgan fingerprint density at radius 3 is 2.86 bits per heavy atom. The molecule has 0 saturated carbocycles. The van der Waals surface area contributed by atoms with Crippen LogP contribution in [0.5, 0.6) is 11.9 Å². The summed E-state index contributed by atoms with van der Waals surface area (Å²) in [5.41, 5.74) is 1.85. The molecule has 7 heteroatoms. The summed E-state index contributed by atoms with van der Waals surface area (Å²) in [6.45, 7) is 0. The number of ether oxygens (including phenoxy) is 2. The molecule has 0 spiro atoms. The Bertz CT molecular complexity index is 796. The van der Waals surface area contributed by atoms with Crippen molar-refractivity contribution < 1.29 is 14.3 Å². The third-order valence-electron chi connectivity index (χ3n) is 3.12. The summed E-state index contributed by atoms with van der Waals surface area (Å²) in [6.07, 6.45) is 5.07. The number of methoxy groups -OCH3 is 2. The van der Waals surface area contributed by atoms with Gasteiger partial charge in [0.25, 0.3) is 5.91 Å². The highest BCUT2D eigenvalue weighted by Crippen LogP contribution is 2.23. The van der Waals surface area contributed by atoms with Crippen molar-refractivity contribution in [1.82, 2.24) is 14.4 Å². The van der Waals surface area contributed by atoms with Crippen LogP contribution in [0.15, 0.2) is 42.9 Å². The van der Waals surface area contributed by atoms with E-state index in [2.05, 4.69) is 15.3 Å². The average molecular weight is 298 g/mol. The lowest BCUT2D eigenvalue weighted by molar-refractivity contribution is 0.102. The van der Waals surface area contributed by atoms with Gasteiger partial charge in [0.05, 0.1) is 26.0 Å². The molecule has 3 rings (SSSR count). The molecule has 1 N–H and O–H groups in total. The van der Waals surface area contributed by atoms with Crippen molar-refractivity contribution in [2.45, 2.75) is 0 Å². The van der Waals surface area contributed by atoms with Crippen molar-refractivity contribution in [3.05, 3.63) is 48.4 Å². The molecule has 3 aromatic rings. The maximum absolute atomic E-state index is 12.3. The van der Waals surface area contributed by atoms with E-state index in [4.69, 9.17) is 9.47 Å². The van der Waals surface area contributed by atoms with Crippen LogP contribution >= 0.6 is 0 Å². The molecule has 0 aromatic carbocycles. The van der Waals surface area contributed by atoms with Crippen molar-refractivity contribution in [3.63, 3.8) is 0 Å². The van der Waals surface area contributed by atoms with E-state index in [9.17, 15) is 4.79 Å². The molecule has 3 aromatic heterocycles. The summed E-state index contributed by atoms with van der Waals surface area (Å²) in [4.78, 5) is 20.3. The van der Waals surface area contributed by atoms with Crippen molar-refractivity contribution in [2.75, 3.05) is 19.5 Å². The molecule has 0 aliphatic rings. The summed E-state index contributed by atoms with van der Waals surface area (Å²) >= 11 is 0. The maximum atomic E-state index is 12.3. The number of nitrogens with one attached hydrogen (secondary N) is 1. The molecule has 0 atom stereocenters. The molecule has 0 saturated heterocycles. The van der Waals surface area contributed by atoms with E-state index in [1.165, 1.54) is 20.4 Å². The number of fused-ring (bicyclic) bond motifs is 1. The van der Waals surface area contributed by atoms with Crippen molar-refractivity contribution in [3.8, 4) is 11.9 Å². The number of hydrogen-bond donors (Lipinski definition) is 1. The van der Waals surface area contributed by atoms with E-state index >= 15 is 0 Å². The summed E-state index contributed by atoms with van der Waals surface area (Å²) in [5, 5.41) is 2.73. The largest absolute Gasteiger partial charge is 0.479 e. The van der Waals surface area contributed by atoms with Crippen LogP contribution in [-0.4, -0.2) is 34.5 Å². The number of pyridine rings is 1. The first-order valence-electron chi connectivity index (χ1n) is 6.54. The van der Waals surface area contributed by atoms with Gasteiger partial charge >= 0.3 is 6.01 Å².